The van der Waals surface area contributed by atoms with Crippen LogP contribution in [0.2, 0.25) is 0 Å². The van der Waals surface area contributed by atoms with Crippen LogP contribution in [0.3, 0.4) is 0 Å². The van der Waals surface area contributed by atoms with E-state index in [1.807, 2.05) is 18.2 Å². The van der Waals surface area contributed by atoms with Crippen LogP contribution in [-0.2, 0) is 16.1 Å². The molecule has 2 aromatic rings. The molecule has 0 spiro atoms. The van der Waals surface area contributed by atoms with Crippen LogP contribution in [0.25, 0.3) is 11.0 Å². The van der Waals surface area contributed by atoms with Gasteiger partial charge in [-0.1, -0.05) is 27.2 Å². The number of ether oxygens (including phenoxy) is 2. The Morgan fingerprint density at radius 2 is 1.65 bits per heavy atom. The summed E-state index contributed by atoms with van der Waals surface area (Å²) in [6, 6.07) is 5.70. The van der Waals surface area contributed by atoms with E-state index in [2.05, 4.69) is 35.7 Å². The second-order valence-corrected chi connectivity index (χ2v) is 13.2. The Balaban J connectivity index is 0.000000892. The molecule has 6 heteroatoms. The molecule has 4 aliphatic rings. The standard InChI is InChI=1S/C29H41N3O2.C2H6O/c1-18-11-13-28(2)19(15-18)5-7-21-22-8-9-24(29(22,3)14-12-23(21)28)27(33)17-32-30-25-10-6-20(34-4)16-26(25)31-32;1-3-2/h6,10,16,18-19,21-24H,5,7-9,11-15,17H2,1-4H3;1-2H3/t18?,19?,21?,22?,23?,24?,28-,29?;/m0./s1. The van der Waals surface area contributed by atoms with Crippen molar-refractivity contribution in [1.82, 2.24) is 15.0 Å². The van der Waals surface area contributed by atoms with E-state index in [1.54, 1.807) is 26.1 Å². The largest absolute Gasteiger partial charge is 0.497 e. The number of hydrogen-bond donors (Lipinski definition) is 0. The minimum absolute atomic E-state index is 0.152. The highest BCUT2D eigenvalue weighted by Crippen LogP contribution is 2.67. The quantitative estimate of drug-likeness (QED) is 0.466. The number of hydrogen-bond acceptors (Lipinski definition) is 5. The number of carbonyl (C=O) groups excluding carboxylic acids is 1. The zero-order valence-corrected chi connectivity index (χ0v) is 23.8. The molecule has 1 aromatic heterocycles. The predicted molar refractivity (Wildman–Crippen MR) is 146 cm³/mol. The molecule has 7 unspecified atom stereocenters. The van der Waals surface area contributed by atoms with Crippen molar-refractivity contribution < 1.29 is 14.3 Å². The molecule has 4 saturated carbocycles. The molecule has 4 aliphatic carbocycles. The van der Waals surface area contributed by atoms with Gasteiger partial charge in [0.1, 0.15) is 23.3 Å². The average Bonchev–Trinajstić information content (AvgIpc) is 3.44. The van der Waals surface area contributed by atoms with Gasteiger partial charge in [0.25, 0.3) is 0 Å². The van der Waals surface area contributed by atoms with E-state index in [9.17, 15) is 4.79 Å². The molecule has 0 bridgehead atoms. The number of methoxy groups -OCH3 is 2. The van der Waals surface area contributed by atoms with Gasteiger partial charge >= 0.3 is 0 Å². The summed E-state index contributed by atoms with van der Waals surface area (Å²) in [4.78, 5) is 15.3. The number of rotatable bonds is 4. The van der Waals surface area contributed by atoms with Crippen molar-refractivity contribution in [3.63, 3.8) is 0 Å². The van der Waals surface area contributed by atoms with E-state index in [0.29, 0.717) is 17.1 Å². The van der Waals surface area contributed by atoms with Crippen LogP contribution in [0.1, 0.15) is 78.6 Å². The van der Waals surface area contributed by atoms with Crippen LogP contribution in [0.15, 0.2) is 18.2 Å². The van der Waals surface area contributed by atoms with E-state index in [0.717, 1.165) is 46.9 Å². The Morgan fingerprint density at radius 1 is 0.946 bits per heavy atom. The van der Waals surface area contributed by atoms with Crippen LogP contribution in [-0.4, -0.2) is 42.1 Å². The first-order chi connectivity index (χ1) is 17.7. The zero-order valence-electron chi connectivity index (χ0n) is 23.8. The summed E-state index contributed by atoms with van der Waals surface area (Å²) in [5.74, 6) is 5.50. The molecule has 0 amide bonds. The molecule has 4 fully saturated rings. The number of benzene rings is 1. The van der Waals surface area contributed by atoms with Gasteiger partial charge in [-0.3, -0.25) is 4.79 Å². The summed E-state index contributed by atoms with van der Waals surface area (Å²) in [6.07, 6.45) is 11.9. The molecule has 1 aromatic carbocycles. The smallest absolute Gasteiger partial charge is 0.159 e. The van der Waals surface area contributed by atoms with Crippen molar-refractivity contribution in [3.8, 4) is 5.75 Å². The first-order valence-electron chi connectivity index (χ1n) is 14.5. The Hall–Kier alpha value is -1.95. The second kappa shape index (κ2) is 10.3. The lowest BCUT2D eigenvalue weighted by molar-refractivity contribution is -0.137. The predicted octanol–water partition coefficient (Wildman–Crippen LogP) is 6.57. The van der Waals surface area contributed by atoms with Gasteiger partial charge in [0, 0.05) is 26.2 Å². The molecule has 1 heterocycles. The van der Waals surface area contributed by atoms with Crippen molar-refractivity contribution in [2.75, 3.05) is 21.3 Å². The SMILES string of the molecule is COC.COc1ccc2nn(CC(=O)C3CCC4C5CCC6CC(C)CC[C@]6(C)C5CCC34C)nc2c1. The Morgan fingerprint density at radius 3 is 2.41 bits per heavy atom. The molecule has 37 heavy (non-hydrogen) atoms. The normalized spacial score (nSPS) is 38.6. The van der Waals surface area contributed by atoms with E-state index in [-0.39, 0.29) is 17.9 Å². The Bertz CT molecular complexity index is 1110. The molecule has 0 N–H and O–H groups in total. The van der Waals surface area contributed by atoms with Crippen LogP contribution < -0.4 is 4.74 Å². The number of nitrogens with zero attached hydrogens (tertiary/aromatic N) is 3. The molecular formula is C31H47N3O3. The molecule has 204 valence electrons. The lowest BCUT2D eigenvalue weighted by Crippen LogP contribution is -2.53. The van der Waals surface area contributed by atoms with E-state index < -0.39 is 0 Å². The fourth-order valence-electron chi connectivity index (χ4n) is 9.39. The maximum absolute atomic E-state index is 13.6. The highest BCUT2D eigenvalue weighted by atomic mass is 16.5. The van der Waals surface area contributed by atoms with Crippen LogP contribution >= 0.6 is 0 Å². The minimum atomic E-state index is 0.152. The van der Waals surface area contributed by atoms with Crippen molar-refractivity contribution in [2.45, 2.75) is 85.1 Å². The zero-order chi connectivity index (χ0) is 26.4. The Kier molecular flexibility index (Phi) is 7.43. The number of Topliss-reactive ketones (excluding diaryl/α,β-unsaturated/α-hetero) is 1. The number of carbonyl (C=O) groups is 1. The van der Waals surface area contributed by atoms with E-state index in [1.165, 1.54) is 51.4 Å². The minimum Gasteiger partial charge on any atom is -0.497 e. The lowest BCUT2D eigenvalue weighted by atomic mass is 9.44. The summed E-state index contributed by atoms with van der Waals surface area (Å²) in [5, 5.41) is 9.17. The molecule has 6 rings (SSSR count). The van der Waals surface area contributed by atoms with Crippen molar-refractivity contribution >= 4 is 16.8 Å². The molecule has 0 saturated heterocycles. The monoisotopic (exact) mass is 509 g/mol. The van der Waals surface area contributed by atoms with Crippen LogP contribution in [0, 0.1) is 46.3 Å². The topological polar surface area (TPSA) is 66.2 Å². The summed E-state index contributed by atoms with van der Waals surface area (Å²) in [5.41, 5.74) is 2.30. The molecule has 0 aliphatic heterocycles. The molecule has 6 nitrogen and oxygen atoms in total. The van der Waals surface area contributed by atoms with Crippen molar-refractivity contribution in [1.29, 1.82) is 0 Å². The number of ketones is 1. The van der Waals surface area contributed by atoms with Gasteiger partial charge in [-0.2, -0.15) is 15.0 Å². The fraction of sp³-hybridized carbons (Fsp3) is 0.774. The summed E-state index contributed by atoms with van der Waals surface area (Å²) in [6.45, 7) is 7.85. The summed E-state index contributed by atoms with van der Waals surface area (Å²) in [7, 11) is 4.91. The van der Waals surface area contributed by atoms with Crippen LogP contribution in [0.4, 0.5) is 0 Å². The first-order valence-corrected chi connectivity index (χ1v) is 14.5. The van der Waals surface area contributed by atoms with Crippen molar-refractivity contribution in [2.24, 2.45) is 46.3 Å². The highest BCUT2D eigenvalue weighted by Gasteiger charge is 2.60. The highest BCUT2D eigenvalue weighted by molar-refractivity contribution is 5.82. The Labute approximate surface area is 222 Å². The second-order valence-electron chi connectivity index (χ2n) is 13.2. The van der Waals surface area contributed by atoms with Gasteiger partial charge in [0.2, 0.25) is 0 Å². The van der Waals surface area contributed by atoms with Gasteiger partial charge in [-0.05, 0) is 104 Å². The van der Waals surface area contributed by atoms with Gasteiger partial charge in [0.15, 0.2) is 5.78 Å². The van der Waals surface area contributed by atoms with Gasteiger partial charge in [-0.25, -0.2) is 0 Å². The third-order valence-electron chi connectivity index (χ3n) is 11.2. The van der Waals surface area contributed by atoms with Crippen LogP contribution in [0.5, 0.6) is 5.75 Å². The van der Waals surface area contributed by atoms with Crippen molar-refractivity contribution in [3.05, 3.63) is 18.2 Å². The first kappa shape index (κ1) is 26.6. The third kappa shape index (κ3) is 4.62. The summed E-state index contributed by atoms with van der Waals surface area (Å²) < 4.78 is 9.56. The third-order valence-corrected chi connectivity index (χ3v) is 11.2. The molecular weight excluding hydrogens is 462 g/mol. The molecule has 8 atom stereocenters. The van der Waals surface area contributed by atoms with E-state index in [4.69, 9.17) is 4.74 Å². The number of fused-ring (bicyclic) bond motifs is 6. The van der Waals surface area contributed by atoms with E-state index >= 15 is 0 Å². The lowest BCUT2D eigenvalue weighted by Gasteiger charge is -2.61. The van der Waals surface area contributed by atoms with Gasteiger partial charge in [0.05, 0.1) is 7.11 Å². The maximum Gasteiger partial charge on any atom is 0.159 e. The number of aromatic nitrogens is 3. The summed E-state index contributed by atoms with van der Waals surface area (Å²) >= 11 is 0. The fourth-order valence-corrected chi connectivity index (χ4v) is 9.39. The molecule has 0 radical (unpaired) electrons. The average molecular weight is 510 g/mol. The maximum atomic E-state index is 13.6. The van der Waals surface area contributed by atoms with Gasteiger partial charge in [-0.15, -0.1) is 0 Å². The van der Waals surface area contributed by atoms with Gasteiger partial charge < -0.3 is 9.47 Å².